The number of nitrogens with one attached hydrogen (secondary N) is 3. The van der Waals surface area contributed by atoms with E-state index in [1.54, 1.807) is 4.90 Å². The van der Waals surface area contributed by atoms with E-state index in [4.69, 9.17) is 0 Å². The van der Waals surface area contributed by atoms with Crippen LogP contribution in [0.25, 0.3) is 0 Å². The van der Waals surface area contributed by atoms with Crippen LogP contribution in [0.2, 0.25) is 0 Å². The quantitative estimate of drug-likeness (QED) is 0.185. The number of piperazine rings is 1. The molecule has 0 bridgehead atoms. The molecular weight excluding hydrogens is 778 g/mol. The van der Waals surface area contributed by atoms with Crippen molar-refractivity contribution in [1.82, 2.24) is 35.1 Å². The highest BCUT2D eigenvalue weighted by molar-refractivity contribution is 7.92. The van der Waals surface area contributed by atoms with Crippen molar-refractivity contribution in [2.75, 3.05) is 83.9 Å². The van der Waals surface area contributed by atoms with Gasteiger partial charge in [0.15, 0.2) is 5.82 Å². The van der Waals surface area contributed by atoms with Crippen LogP contribution in [0.1, 0.15) is 36.1 Å². The summed E-state index contributed by atoms with van der Waals surface area (Å²) < 4.78 is 66.9. The van der Waals surface area contributed by atoms with Gasteiger partial charge in [-0.05, 0) is 48.7 Å². The summed E-state index contributed by atoms with van der Waals surface area (Å²) in [5, 5.41) is 8.05. The number of nitrogens with zero attached hydrogens (tertiary/aromatic N) is 9. The third-order valence-electron chi connectivity index (χ3n) is 10.7. The highest BCUT2D eigenvalue weighted by Crippen LogP contribution is 2.35. The molecule has 58 heavy (non-hydrogen) atoms. The molecule has 7 rings (SSSR count). The molecule has 2 aromatic carbocycles. The lowest BCUT2D eigenvalue weighted by Crippen LogP contribution is -2.53. The smallest absolute Gasteiger partial charge is 0.371 e. The number of amides is 3. The van der Waals surface area contributed by atoms with Gasteiger partial charge in [-0.3, -0.25) is 34.1 Å². The number of halogens is 3. The number of sulfonamides is 1. The second-order valence-corrected chi connectivity index (χ2v) is 16.5. The first-order chi connectivity index (χ1) is 27.7. The van der Waals surface area contributed by atoms with Crippen molar-refractivity contribution >= 4 is 56.6 Å². The number of hydrogen-bond donors (Lipinski definition) is 3. The van der Waals surface area contributed by atoms with Crippen LogP contribution < -0.4 is 30.1 Å². The molecule has 0 saturated carbocycles. The molecule has 0 atom stereocenters. The maximum absolute atomic E-state index is 13.9. The molecule has 3 fully saturated rings. The van der Waals surface area contributed by atoms with Crippen LogP contribution in [-0.2, 0) is 34.1 Å². The second-order valence-electron chi connectivity index (χ2n) is 14.5. The molecule has 0 aliphatic carbocycles. The molecule has 5 heterocycles. The Morgan fingerprint density at radius 2 is 1.62 bits per heavy atom. The maximum Gasteiger partial charge on any atom is 0.421 e. The first-order valence-electron chi connectivity index (χ1n) is 18.9. The Kier molecular flexibility index (Phi) is 12.0. The van der Waals surface area contributed by atoms with Crippen molar-refractivity contribution in [2.24, 2.45) is 0 Å². The topological polar surface area (TPSA) is 172 Å². The average molecular weight is 823 g/mol. The molecule has 4 aromatic rings. The standard InChI is InChI=1S/C38H45F3N12O4S/c1-49(58(2,56)57)35-31(42-14-15-43-35)24-44-34-30(38(39,40)41)23-45-36(48-34)46-27-7-9-28(10-8-27)51-16-11-29(12-17-51)52-21-19-50(20-22-52)25-26-5-3-4-6-32(26)53-18-13-33(54)47-37(53)55/h3-10,14-15,23,29H,11-13,16-22,24-25H2,1-2H3,(H,47,54,55)(H2,44,45,46,48). The largest absolute Gasteiger partial charge is 0.421 e. The van der Waals surface area contributed by atoms with E-state index in [1.807, 2.05) is 48.5 Å². The van der Waals surface area contributed by atoms with Gasteiger partial charge in [-0.25, -0.2) is 23.2 Å². The Morgan fingerprint density at radius 1 is 0.914 bits per heavy atom. The number of alkyl halides is 3. The first-order valence-corrected chi connectivity index (χ1v) is 20.8. The Morgan fingerprint density at radius 3 is 2.31 bits per heavy atom. The molecule has 3 N–H and O–H groups in total. The number of aromatic nitrogens is 4. The molecule has 3 aliphatic rings. The number of rotatable bonds is 12. The van der Waals surface area contributed by atoms with Crippen molar-refractivity contribution < 1.29 is 31.2 Å². The summed E-state index contributed by atoms with van der Waals surface area (Å²) in [6.07, 6.45) is 1.85. The van der Waals surface area contributed by atoms with Gasteiger partial charge in [0.2, 0.25) is 21.9 Å². The number of anilines is 6. The van der Waals surface area contributed by atoms with Crippen LogP contribution in [0.15, 0.2) is 67.1 Å². The lowest BCUT2D eigenvalue weighted by atomic mass is 10.0. The predicted molar refractivity (Wildman–Crippen MR) is 213 cm³/mol. The molecule has 3 saturated heterocycles. The summed E-state index contributed by atoms with van der Waals surface area (Å²) in [6, 6.07) is 15.6. The molecule has 16 nitrogen and oxygen atoms in total. The summed E-state index contributed by atoms with van der Waals surface area (Å²) >= 11 is 0. The van der Waals surface area contributed by atoms with Crippen molar-refractivity contribution in [1.29, 1.82) is 0 Å². The van der Waals surface area contributed by atoms with Gasteiger partial charge in [-0.2, -0.15) is 18.2 Å². The third kappa shape index (κ3) is 9.56. The summed E-state index contributed by atoms with van der Waals surface area (Å²) in [4.78, 5) is 49.4. The highest BCUT2D eigenvalue weighted by atomic mass is 32.2. The SMILES string of the molecule is CN(c1nccnc1CNc1nc(Nc2ccc(N3CCC(N4CCN(Cc5ccccc5N5CCC(=O)NC5=O)CC4)CC3)cc2)ncc1C(F)(F)F)S(C)(=O)=O. The zero-order valence-corrected chi connectivity index (χ0v) is 32.9. The molecule has 20 heteroatoms. The number of carbonyl (C=O) groups is 2. The molecule has 308 valence electrons. The first kappa shape index (κ1) is 40.6. The van der Waals surface area contributed by atoms with Gasteiger partial charge in [-0.15, -0.1) is 0 Å². The maximum atomic E-state index is 13.9. The van der Waals surface area contributed by atoms with Gasteiger partial charge in [0.25, 0.3) is 0 Å². The number of urea groups is 1. The van der Waals surface area contributed by atoms with Crippen LogP contribution >= 0.6 is 0 Å². The van der Waals surface area contributed by atoms with E-state index in [9.17, 15) is 31.2 Å². The number of imide groups is 1. The van der Waals surface area contributed by atoms with Gasteiger partial charge in [-0.1, -0.05) is 18.2 Å². The van der Waals surface area contributed by atoms with E-state index in [0.29, 0.717) is 24.5 Å². The van der Waals surface area contributed by atoms with E-state index >= 15 is 0 Å². The highest BCUT2D eigenvalue weighted by Gasteiger charge is 2.36. The molecule has 2 aromatic heterocycles. The van der Waals surface area contributed by atoms with Crippen LogP contribution in [0, 0.1) is 0 Å². The number of para-hydroxylation sites is 1. The Labute approximate surface area is 334 Å². The normalized spacial score (nSPS) is 17.6. The number of hydrogen-bond acceptors (Lipinski definition) is 13. The fourth-order valence-corrected chi connectivity index (χ4v) is 7.93. The van der Waals surface area contributed by atoms with E-state index in [0.717, 1.165) is 86.2 Å². The molecule has 0 radical (unpaired) electrons. The van der Waals surface area contributed by atoms with Crippen molar-refractivity contribution in [3.8, 4) is 0 Å². The lowest BCUT2D eigenvalue weighted by Gasteiger charge is -2.43. The third-order valence-corrected chi connectivity index (χ3v) is 11.8. The minimum absolute atomic E-state index is 0.0245. The zero-order chi connectivity index (χ0) is 41.0. The monoisotopic (exact) mass is 822 g/mol. The molecule has 0 spiro atoms. The van der Waals surface area contributed by atoms with Gasteiger partial charge in [0.1, 0.15) is 17.1 Å². The van der Waals surface area contributed by atoms with Gasteiger partial charge >= 0.3 is 12.2 Å². The minimum Gasteiger partial charge on any atom is -0.371 e. The fraction of sp³-hybridized carbons (Fsp3) is 0.421. The van der Waals surface area contributed by atoms with Gasteiger partial charge < -0.3 is 15.5 Å². The van der Waals surface area contributed by atoms with E-state index in [1.165, 1.54) is 19.4 Å². The zero-order valence-electron chi connectivity index (χ0n) is 32.1. The number of piperidine rings is 1. The molecule has 0 unspecified atom stereocenters. The van der Waals surface area contributed by atoms with Crippen molar-refractivity contribution in [3.63, 3.8) is 0 Å². The number of benzene rings is 2. The van der Waals surface area contributed by atoms with E-state index < -0.39 is 27.6 Å². The van der Waals surface area contributed by atoms with Crippen molar-refractivity contribution in [2.45, 2.75) is 44.6 Å². The van der Waals surface area contributed by atoms with Crippen LogP contribution in [0.4, 0.5) is 52.6 Å². The summed E-state index contributed by atoms with van der Waals surface area (Å²) in [5.74, 6) is -0.836. The Balaban J connectivity index is 0.913. The Hall–Kier alpha value is -5.60. The molecule has 3 amide bonds. The second kappa shape index (κ2) is 17.1. The van der Waals surface area contributed by atoms with E-state index in [2.05, 4.69) is 50.6 Å². The summed E-state index contributed by atoms with van der Waals surface area (Å²) in [7, 11) is -2.42. The van der Waals surface area contributed by atoms with E-state index in [-0.39, 0.29) is 42.4 Å². The molecular formula is C38H45F3N12O4S. The Bertz CT molecular complexity index is 2210. The minimum atomic E-state index is -4.76. The van der Waals surface area contributed by atoms with Gasteiger partial charge in [0, 0.05) is 108 Å². The molecule has 3 aliphatic heterocycles. The number of carbonyl (C=O) groups excluding carboxylic acids is 2. The van der Waals surface area contributed by atoms with Gasteiger partial charge in [0.05, 0.1) is 12.8 Å². The lowest BCUT2D eigenvalue weighted by molar-refractivity contribution is -0.137. The fourth-order valence-electron chi connectivity index (χ4n) is 7.46. The summed E-state index contributed by atoms with van der Waals surface area (Å²) in [5.41, 5.74) is 2.55. The van der Waals surface area contributed by atoms with Crippen molar-refractivity contribution in [3.05, 3.63) is 83.9 Å². The summed E-state index contributed by atoms with van der Waals surface area (Å²) in [6.45, 7) is 6.33. The van der Waals surface area contributed by atoms with Crippen LogP contribution in [0.5, 0.6) is 0 Å². The predicted octanol–water partition coefficient (Wildman–Crippen LogP) is 4.27. The van der Waals surface area contributed by atoms with Crippen LogP contribution in [0.3, 0.4) is 0 Å². The van der Waals surface area contributed by atoms with Crippen LogP contribution in [-0.4, -0.2) is 115 Å². The average Bonchev–Trinajstić information content (AvgIpc) is 3.20.